The van der Waals surface area contributed by atoms with Gasteiger partial charge in [0.1, 0.15) is 0 Å². The molecule has 0 aromatic carbocycles. The molecule has 2 N–H and O–H groups in total. The zero-order chi connectivity index (χ0) is 17.2. The largest absolute Gasteiger partial charge is 0.349 e. The first-order chi connectivity index (χ1) is 10.1. The van der Waals surface area contributed by atoms with Crippen molar-refractivity contribution in [2.24, 2.45) is 0 Å². The van der Waals surface area contributed by atoms with Gasteiger partial charge in [-0.25, -0.2) is 0 Å². The third-order valence-electron chi connectivity index (χ3n) is 3.57. The lowest BCUT2D eigenvalue weighted by atomic mass is 10.3. The van der Waals surface area contributed by atoms with E-state index in [1.165, 1.54) is 0 Å². The van der Waals surface area contributed by atoms with E-state index in [0.717, 1.165) is 25.9 Å². The quantitative estimate of drug-likeness (QED) is 0.422. The molecule has 0 heterocycles. The molecule has 0 aliphatic heterocycles. The second-order valence-electron chi connectivity index (χ2n) is 7.33. The zero-order valence-corrected chi connectivity index (χ0v) is 15.4. The zero-order valence-electron chi connectivity index (χ0n) is 15.4. The van der Waals surface area contributed by atoms with Gasteiger partial charge in [-0.2, -0.15) is 0 Å². The van der Waals surface area contributed by atoms with E-state index in [9.17, 15) is 9.59 Å². The fourth-order valence-corrected chi connectivity index (χ4v) is 2.66. The van der Waals surface area contributed by atoms with E-state index < -0.39 is 0 Å². The Bertz CT molecular complexity index is 320. The third-order valence-corrected chi connectivity index (χ3v) is 3.57. The van der Waals surface area contributed by atoms with Gasteiger partial charge < -0.3 is 19.6 Å². The second kappa shape index (κ2) is 9.79. The highest BCUT2D eigenvalue weighted by Gasteiger charge is 2.20. The number of likely N-dealkylation sites (N-methyl/N-ethyl adjacent to an activating group) is 2. The lowest BCUT2D eigenvalue weighted by molar-refractivity contribution is -0.882. The van der Waals surface area contributed by atoms with E-state index in [1.807, 2.05) is 0 Å². The van der Waals surface area contributed by atoms with Crippen molar-refractivity contribution in [1.29, 1.82) is 0 Å². The summed E-state index contributed by atoms with van der Waals surface area (Å²) in [5.41, 5.74) is 0. The Hall–Kier alpha value is -1.14. The fourth-order valence-electron chi connectivity index (χ4n) is 2.66. The molecule has 0 aliphatic carbocycles. The number of amides is 2. The minimum absolute atomic E-state index is 0.0368. The van der Waals surface area contributed by atoms with Crippen molar-refractivity contribution in [3.05, 3.63) is 0 Å². The summed E-state index contributed by atoms with van der Waals surface area (Å²) >= 11 is 0. The van der Waals surface area contributed by atoms with Gasteiger partial charge in [0.05, 0.1) is 41.3 Å². The number of carbonyl (C=O) groups excluding carboxylic acids is 2. The molecule has 0 saturated heterocycles. The Morgan fingerprint density at radius 2 is 1.05 bits per heavy atom. The van der Waals surface area contributed by atoms with E-state index in [-0.39, 0.29) is 11.8 Å². The standard InChI is InChI=1S/C16H34N4O2/c1-7-11-19(3,4)13-15(21)17-9-10-18-16(22)14-20(5,6)12-8-2/h7-14H2,1-6H3/p+2. The summed E-state index contributed by atoms with van der Waals surface area (Å²) in [5.74, 6) is 0.0737. The predicted molar refractivity (Wildman–Crippen MR) is 90.3 cm³/mol. The monoisotopic (exact) mass is 316 g/mol. The van der Waals surface area contributed by atoms with Crippen LogP contribution in [0.2, 0.25) is 0 Å². The van der Waals surface area contributed by atoms with Gasteiger partial charge in [-0.05, 0) is 12.8 Å². The van der Waals surface area contributed by atoms with Crippen molar-refractivity contribution in [1.82, 2.24) is 10.6 Å². The first-order valence-corrected chi connectivity index (χ1v) is 8.29. The summed E-state index contributed by atoms with van der Waals surface area (Å²) in [4.78, 5) is 23.7. The van der Waals surface area contributed by atoms with Gasteiger partial charge in [0.2, 0.25) is 0 Å². The van der Waals surface area contributed by atoms with E-state index in [1.54, 1.807) is 0 Å². The molecule has 0 unspecified atom stereocenters. The maximum Gasteiger partial charge on any atom is 0.275 e. The van der Waals surface area contributed by atoms with Crippen LogP contribution in [0.25, 0.3) is 0 Å². The molecule has 6 nitrogen and oxygen atoms in total. The lowest BCUT2D eigenvalue weighted by Gasteiger charge is -2.29. The summed E-state index contributed by atoms with van der Waals surface area (Å²) in [6.45, 7) is 8.11. The number of nitrogens with zero attached hydrogens (tertiary/aromatic N) is 2. The number of hydrogen-bond donors (Lipinski definition) is 2. The molecule has 0 bridgehead atoms. The molecule has 0 saturated carbocycles. The third kappa shape index (κ3) is 10.6. The Balaban J connectivity index is 3.89. The summed E-state index contributed by atoms with van der Waals surface area (Å²) in [5, 5.41) is 5.73. The van der Waals surface area contributed by atoms with Crippen molar-refractivity contribution in [2.75, 3.05) is 67.5 Å². The summed E-state index contributed by atoms with van der Waals surface area (Å²) in [6, 6.07) is 0. The fraction of sp³-hybridized carbons (Fsp3) is 0.875. The van der Waals surface area contributed by atoms with Gasteiger partial charge in [0.15, 0.2) is 13.1 Å². The first-order valence-electron chi connectivity index (χ1n) is 8.29. The molecule has 0 atom stereocenters. The maximum atomic E-state index is 11.8. The highest BCUT2D eigenvalue weighted by molar-refractivity contribution is 5.78. The molecular formula is C16H36N4O2+2. The Labute approximate surface area is 136 Å². The van der Waals surface area contributed by atoms with Crippen LogP contribution < -0.4 is 10.6 Å². The average Bonchev–Trinajstić information content (AvgIpc) is 2.33. The highest BCUT2D eigenvalue weighted by atomic mass is 16.2. The van der Waals surface area contributed by atoms with Crippen LogP contribution in [0.1, 0.15) is 26.7 Å². The van der Waals surface area contributed by atoms with Crippen molar-refractivity contribution >= 4 is 11.8 Å². The van der Waals surface area contributed by atoms with Crippen molar-refractivity contribution in [3.63, 3.8) is 0 Å². The molecule has 0 fully saturated rings. The maximum absolute atomic E-state index is 11.8. The lowest BCUT2D eigenvalue weighted by Crippen LogP contribution is -2.50. The van der Waals surface area contributed by atoms with Crippen LogP contribution in [0.15, 0.2) is 0 Å². The van der Waals surface area contributed by atoms with Crippen LogP contribution in [0.5, 0.6) is 0 Å². The molecule has 0 spiro atoms. The predicted octanol–water partition coefficient (Wildman–Crippen LogP) is 0.192. The van der Waals surface area contributed by atoms with Crippen molar-refractivity contribution in [3.8, 4) is 0 Å². The molecule has 130 valence electrons. The van der Waals surface area contributed by atoms with E-state index in [2.05, 4.69) is 52.7 Å². The van der Waals surface area contributed by atoms with Gasteiger partial charge in [-0.15, -0.1) is 0 Å². The second-order valence-corrected chi connectivity index (χ2v) is 7.33. The minimum Gasteiger partial charge on any atom is -0.349 e. The first kappa shape index (κ1) is 20.9. The van der Waals surface area contributed by atoms with Gasteiger partial charge >= 0.3 is 0 Å². The van der Waals surface area contributed by atoms with Crippen LogP contribution in [-0.2, 0) is 9.59 Å². The van der Waals surface area contributed by atoms with Crippen LogP contribution in [0.4, 0.5) is 0 Å². The molecular weight excluding hydrogens is 280 g/mol. The van der Waals surface area contributed by atoms with Crippen LogP contribution in [0, 0.1) is 0 Å². The number of hydrogen-bond acceptors (Lipinski definition) is 2. The summed E-state index contributed by atoms with van der Waals surface area (Å²) in [6.07, 6.45) is 2.12. The van der Waals surface area contributed by atoms with Gasteiger partial charge in [-0.3, -0.25) is 9.59 Å². The summed E-state index contributed by atoms with van der Waals surface area (Å²) < 4.78 is 1.38. The number of quaternary nitrogens is 2. The molecule has 2 amide bonds. The topological polar surface area (TPSA) is 58.2 Å². The van der Waals surface area contributed by atoms with Crippen LogP contribution in [0.3, 0.4) is 0 Å². The number of nitrogens with one attached hydrogen (secondary N) is 2. The highest BCUT2D eigenvalue weighted by Crippen LogP contribution is 1.98. The number of carbonyl (C=O) groups is 2. The number of rotatable bonds is 11. The van der Waals surface area contributed by atoms with E-state index in [0.29, 0.717) is 35.1 Å². The Kier molecular flexibility index (Phi) is 9.28. The van der Waals surface area contributed by atoms with E-state index in [4.69, 9.17) is 0 Å². The summed E-state index contributed by atoms with van der Waals surface area (Å²) in [7, 11) is 8.22. The van der Waals surface area contributed by atoms with Crippen LogP contribution >= 0.6 is 0 Å². The minimum atomic E-state index is 0.0368. The molecule has 0 aromatic rings. The van der Waals surface area contributed by atoms with Gasteiger partial charge in [0, 0.05) is 13.1 Å². The molecule has 6 heteroatoms. The normalized spacial score (nSPS) is 12.1. The van der Waals surface area contributed by atoms with Gasteiger partial charge in [0.25, 0.3) is 11.8 Å². The molecule has 22 heavy (non-hydrogen) atoms. The van der Waals surface area contributed by atoms with Crippen molar-refractivity contribution < 1.29 is 18.6 Å². The average molecular weight is 316 g/mol. The molecule has 0 aliphatic rings. The molecule has 0 radical (unpaired) electrons. The van der Waals surface area contributed by atoms with E-state index >= 15 is 0 Å². The smallest absolute Gasteiger partial charge is 0.275 e. The van der Waals surface area contributed by atoms with Crippen molar-refractivity contribution in [2.45, 2.75) is 26.7 Å². The van der Waals surface area contributed by atoms with Crippen LogP contribution in [-0.4, -0.2) is 88.2 Å². The molecule has 0 aromatic heterocycles. The molecule has 0 rings (SSSR count). The Morgan fingerprint density at radius 3 is 1.32 bits per heavy atom. The van der Waals surface area contributed by atoms with Gasteiger partial charge in [-0.1, -0.05) is 13.8 Å². The SMILES string of the molecule is CCC[N+](C)(C)CC(=O)NCCNC(=O)C[N+](C)(C)CCC. The Morgan fingerprint density at radius 1 is 0.727 bits per heavy atom.